The van der Waals surface area contributed by atoms with Crippen molar-refractivity contribution in [3.63, 3.8) is 0 Å². The first-order valence-electron chi connectivity index (χ1n) is 11.2. The Kier molecular flexibility index (Phi) is 7.15. The molecule has 0 radical (unpaired) electrons. The molecule has 6 heteroatoms. The number of piperidine rings is 1. The van der Waals surface area contributed by atoms with E-state index < -0.39 is 0 Å². The van der Waals surface area contributed by atoms with Gasteiger partial charge in [0.1, 0.15) is 0 Å². The second-order valence-electron chi connectivity index (χ2n) is 8.40. The van der Waals surface area contributed by atoms with E-state index in [-0.39, 0.29) is 6.04 Å². The van der Waals surface area contributed by atoms with Crippen LogP contribution in [0.15, 0.2) is 4.42 Å². The lowest BCUT2D eigenvalue weighted by atomic mass is 10.0. The van der Waals surface area contributed by atoms with Gasteiger partial charge in [0, 0.05) is 25.7 Å². The molecule has 0 unspecified atom stereocenters. The summed E-state index contributed by atoms with van der Waals surface area (Å²) < 4.78 is 17.8. The Bertz CT molecular complexity index is 551. The summed E-state index contributed by atoms with van der Waals surface area (Å²) in [6.07, 6.45) is 13.9. The molecule has 0 bridgehead atoms. The van der Waals surface area contributed by atoms with Crippen LogP contribution in [-0.2, 0) is 9.47 Å². The zero-order chi connectivity index (χ0) is 18.3. The molecule has 0 spiro atoms. The van der Waals surface area contributed by atoms with Gasteiger partial charge in [-0.05, 0) is 45.1 Å². The fourth-order valence-electron chi connectivity index (χ4n) is 4.77. The summed E-state index contributed by atoms with van der Waals surface area (Å²) in [4.78, 5) is 2.50. The van der Waals surface area contributed by atoms with E-state index >= 15 is 0 Å². The lowest BCUT2D eigenvalue weighted by molar-refractivity contribution is 0.0123. The summed E-state index contributed by atoms with van der Waals surface area (Å²) in [7, 11) is 0. The van der Waals surface area contributed by atoms with E-state index in [0.29, 0.717) is 12.0 Å². The van der Waals surface area contributed by atoms with Crippen LogP contribution in [0.1, 0.15) is 94.4 Å². The molecule has 1 atom stereocenters. The van der Waals surface area contributed by atoms with Gasteiger partial charge in [0.15, 0.2) is 0 Å². The van der Waals surface area contributed by atoms with E-state index in [9.17, 15) is 0 Å². The first kappa shape index (κ1) is 19.3. The van der Waals surface area contributed by atoms with E-state index in [2.05, 4.69) is 15.1 Å². The fourth-order valence-corrected chi connectivity index (χ4v) is 4.77. The maximum absolute atomic E-state index is 6.23. The lowest BCUT2D eigenvalue weighted by Gasteiger charge is -2.33. The quantitative estimate of drug-likeness (QED) is 0.692. The van der Waals surface area contributed by atoms with E-state index in [1.54, 1.807) is 0 Å². The third-order valence-corrected chi connectivity index (χ3v) is 6.46. The standard InChI is InChI=1S/C21H35N3O3/c1-2-4-8-18(7-3-1)26-16-13-24-12-6-5-9-19(24)21-23-22-20(27-21)17-10-14-25-15-11-17/h17-19H,1-16H2/t19-/m0/s1. The number of nitrogens with zero attached hydrogens (tertiary/aromatic N) is 3. The molecule has 2 saturated heterocycles. The van der Waals surface area contributed by atoms with E-state index in [4.69, 9.17) is 13.9 Å². The summed E-state index contributed by atoms with van der Waals surface area (Å²) >= 11 is 0. The van der Waals surface area contributed by atoms with Crippen LogP contribution in [0.4, 0.5) is 0 Å². The molecule has 0 aromatic carbocycles. The normalized spacial score (nSPS) is 26.9. The average molecular weight is 378 g/mol. The van der Waals surface area contributed by atoms with Crippen molar-refractivity contribution in [2.75, 3.05) is 32.9 Å². The van der Waals surface area contributed by atoms with E-state index in [1.807, 2.05) is 0 Å². The first-order chi connectivity index (χ1) is 13.4. The molecule has 3 fully saturated rings. The molecule has 6 nitrogen and oxygen atoms in total. The Morgan fingerprint density at radius 1 is 0.852 bits per heavy atom. The molecule has 27 heavy (non-hydrogen) atoms. The Morgan fingerprint density at radius 3 is 2.41 bits per heavy atom. The molecule has 1 aliphatic carbocycles. The van der Waals surface area contributed by atoms with Gasteiger partial charge in [0.05, 0.1) is 18.8 Å². The van der Waals surface area contributed by atoms with Crippen molar-refractivity contribution in [1.29, 1.82) is 0 Å². The first-order valence-corrected chi connectivity index (χ1v) is 11.2. The topological polar surface area (TPSA) is 60.6 Å². The zero-order valence-corrected chi connectivity index (χ0v) is 16.6. The van der Waals surface area contributed by atoms with Gasteiger partial charge in [0.2, 0.25) is 11.8 Å². The van der Waals surface area contributed by atoms with Crippen molar-refractivity contribution in [2.24, 2.45) is 0 Å². The van der Waals surface area contributed by atoms with E-state index in [0.717, 1.165) is 64.0 Å². The molecular weight excluding hydrogens is 342 g/mol. The molecule has 2 aliphatic heterocycles. The number of ether oxygens (including phenoxy) is 2. The van der Waals surface area contributed by atoms with Gasteiger partial charge in [-0.2, -0.15) is 0 Å². The Hall–Kier alpha value is -0.980. The van der Waals surface area contributed by atoms with Crippen LogP contribution in [0.25, 0.3) is 0 Å². The third-order valence-electron chi connectivity index (χ3n) is 6.46. The predicted molar refractivity (Wildman–Crippen MR) is 103 cm³/mol. The van der Waals surface area contributed by atoms with Gasteiger partial charge in [-0.25, -0.2) is 0 Å². The van der Waals surface area contributed by atoms with E-state index in [1.165, 1.54) is 51.4 Å². The second kappa shape index (κ2) is 9.99. The Labute approximate surface area is 163 Å². The van der Waals surface area contributed by atoms with Gasteiger partial charge >= 0.3 is 0 Å². The molecule has 4 rings (SSSR count). The van der Waals surface area contributed by atoms with Crippen LogP contribution in [0.5, 0.6) is 0 Å². The third kappa shape index (κ3) is 5.30. The number of hydrogen-bond acceptors (Lipinski definition) is 6. The summed E-state index contributed by atoms with van der Waals surface area (Å²) in [6.45, 7) is 4.50. The summed E-state index contributed by atoms with van der Waals surface area (Å²) in [5.74, 6) is 2.00. The van der Waals surface area contributed by atoms with Crippen molar-refractivity contribution < 1.29 is 13.9 Å². The minimum atomic E-state index is 0.262. The predicted octanol–water partition coefficient (Wildman–Crippen LogP) is 4.23. The van der Waals surface area contributed by atoms with Crippen molar-refractivity contribution in [2.45, 2.75) is 88.7 Å². The van der Waals surface area contributed by atoms with Crippen LogP contribution in [0.2, 0.25) is 0 Å². The monoisotopic (exact) mass is 377 g/mol. The molecule has 3 aliphatic rings. The van der Waals surface area contributed by atoms with Gasteiger partial charge in [-0.3, -0.25) is 4.90 Å². The van der Waals surface area contributed by atoms with Crippen LogP contribution in [0, 0.1) is 0 Å². The smallest absolute Gasteiger partial charge is 0.233 e. The molecule has 1 saturated carbocycles. The van der Waals surface area contributed by atoms with Gasteiger partial charge in [-0.1, -0.05) is 32.1 Å². The Balaban J connectivity index is 1.31. The molecule has 152 valence electrons. The fraction of sp³-hybridized carbons (Fsp3) is 0.905. The van der Waals surface area contributed by atoms with Crippen molar-refractivity contribution in [1.82, 2.24) is 15.1 Å². The summed E-state index contributed by atoms with van der Waals surface area (Å²) in [6, 6.07) is 0.262. The van der Waals surface area contributed by atoms with Crippen LogP contribution in [-0.4, -0.2) is 54.1 Å². The number of aromatic nitrogens is 2. The molecule has 1 aromatic rings. The molecule has 0 N–H and O–H groups in total. The van der Waals surface area contributed by atoms with Crippen molar-refractivity contribution in [3.05, 3.63) is 11.8 Å². The molecular formula is C21H35N3O3. The number of likely N-dealkylation sites (tertiary alicyclic amines) is 1. The SMILES string of the molecule is C1CCCC(OCCN2CCCC[C@H]2c2nnc(C3CCOCC3)o2)CC1. The average Bonchev–Trinajstić information content (AvgIpc) is 3.07. The minimum Gasteiger partial charge on any atom is -0.423 e. The second-order valence-corrected chi connectivity index (χ2v) is 8.40. The Morgan fingerprint density at radius 2 is 1.59 bits per heavy atom. The maximum atomic E-state index is 6.23. The van der Waals surface area contributed by atoms with Crippen molar-refractivity contribution in [3.8, 4) is 0 Å². The van der Waals surface area contributed by atoms with Crippen LogP contribution >= 0.6 is 0 Å². The van der Waals surface area contributed by atoms with Gasteiger partial charge < -0.3 is 13.9 Å². The highest BCUT2D eigenvalue weighted by Gasteiger charge is 2.30. The largest absolute Gasteiger partial charge is 0.423 e. The summed E-state index contributed by atoms with van der Waals surface area (Å²) in [5, 5.41) is 8.82. The highest BCUT2D eigenvalue weighted by Crippen LogP contribution is 2.33. The number of rotatable bonds is 6. The zero-order valence-electron chi connectivity index (χ0n) is 16.6. The van der Waals surface area contributed by atoms with Gasteiger partial charge in [-0.15, -0.1) is 10.2 Å². The number of hydrogen-bond donors (Lipinski definition) is 0. The maximum Gasteiger partial charge on any atom is 0.233 e. The molecule has 1 aromatic heterocycles. The lowest BCUT2D eigenvalue weighted by Crippen LogP contribution is -2.36. The van der Waals surface area contributed by atoms with Gasteiger partial charge in [0.25, 0.3) is 0 Å². The van der Waals surface area contributed by atoms with Crippen LogP contribution in [0.3, 0.4) is 0 Å². The molecule has 3 heterocycles. The summed E-state index contributed by atoms with van der Waals surface area (Å²) in [5.41, 5.74) is 0. The highest BCUT2D eigenvalue weighted by atomic mass is 16.5. The van der Waals surface area contributed by atoms with Crippen molar-refractivity contribution >= 4 is 0 Å². The van der Waals surface area contributed by atoms with Crippen LogP contribution < -0.4 is 0 Å². The minimum absolute atomic E-state index is 0.262. The highest BCUT2D eigenvalue weighted by molar-refractivity contribution is 4.98. The molecule has 0 amide bonds.